The molecule has 3 aromatic rings. The van der Waals surface area contributed by atoms with Gasteiger partial charge in [0.1, 0.15) is 12.1 Å². The van der Waals surface area contributed by atoms with Gasteiger partial charge in [-0.05, 0) is 37.7 Å². The van der Waals surface area contributed by atoms with Crippen LogP contribution in [0, 0.1) is 11.8 Å². The second-order valence-electron chi connectivity index (χ2n) is 8.03. The molecule has 1 aliphatic heterocycles. The number of aryl methyl sites for hydroxylation is 1. The SMILES string of the molecule is CCc1ncnc(-c2cc(Cl)c(C(=O)N3CCN(C)CC3)c(Cl)c2)c1C#Cc1ccc(N)nc1. The highest BCUT2D eigenvalue weighted by molar-refractivity contribution is 6.40. The van der Waals surface area contributed by atoms with Gasteiger partial charge in [0.2, 0.25) is 0 Å². The van der Waals surface area contributed by atoms with Crippen molar-refractivity contribution in [2.45, 2.75) is 13.3 Å². The van der Waals surface area contributed by atoms with Gasteiger partial charge >= 0.3 is 0 Å². The third-order valence-electron chi connectivity index (χ3n) is 5.70. The average molecular weight is 495 g/mol. The normalized spacial score (nSPS) is 13.9. The Morgan fingerprint density at radius 1 is 1.06 bits per heavy atom. The van der Waals surface area contributed by atoms with Gasteiger partial charge in [-0.1, -0.05) is 42.0 Å². The number of pyridine rings is 1. The van der Waals surface area contributed by atoms with Crippen molar-refractivity contribution in [2.24, 2.45) is 0 Å². The summed E-state index contributed by atoms with van der Waals surface area (Å²) >= 11 is 13.2. The molecule has 0 aliphatic carbocycles. The fourth-order valence-electron chi connectivity index (χ4n) is 3.74. The van der Waals surface area contributed by atoms with E-state index in [1.54, 1.807) is 35.4 Å². The molecule has 4 rings (SSSR count). The first-order chi connectivity index (χ1) is 16.4. The molecule has 1 saturated heterocycles. The molecule has 0 saturated carbocycles. The minimum absolute atomic E-state index is 0.164. The van der Waals surface area contributed by atoms with Crippen LogP contribution >= 0.6 is 23.2 Å². The van der Waals surface area contributed by atoms with Crippen molar-refractivity contribution in [1.29, 1.82) is 0 Å². The van der Waals surface area contributed by atoms with E-state index in [9.17, 15) is 4.79 Å². The number of piperazine rings is 1. The van der Waals surface area contributed by atoms with E-state index < -0.39 is 0 Å². The van der Waals surface area contributed by atoms with Crippen LogP contribution in [0.25, 0.3) is 11.3 Å². The third-order valence-corrected chi connectivity index (χ3v) is 6.29. The lowest BCUT2D eigenvalue weighted by atomic mass is 10.0. The minimum Gasteiger partial charge on any atom is -0.384 e. The zero-order chi connectivity index (χ0) is 24.2. The third kappa shape index (κ3) is 5.15. The maximum absolute atomic E-state index is 13.1. The minimum atomic E-state index is -0.164. The molecule has 0 atom stereocenters. The van der Waals surface area contributed by atoms with E-state index in [4.69, 9.17) is 28.9 Å². The van der Waals surface area contributed by atoms with Gasteiger partial charge in [0.05, 0.1) is 32.6 Å². The number of halogens is 2. The standard InChI is InChI=1S/C25H24Cl2N6O/c1-3-21-18(6-4-16-5-7-22(28)29-14-16)24(31-15-30-21)17-12-19(26)23(20(27)13-17)25(34)33-10-8-32(2)9-11-33/h5,7,12-15H,3,8-11H2,1-2H3,(H2,28,29). The predicted octanol–water partition coefficient (Wildman–Crippen LogP) is 3.78. The predicted molar refractivity (Wildman–Crippen MR) is 135 cm³/mol. The zero-order valence-corrected chi connectivity index (χ0v) is 20.5. The smallest absolute Gasteiger partial charge is 0.256 e. The van der Waals surface area contributed by atoms with Gasteiger partial charge in [-0.25, -0.2) is 15.0 Å². The van der Waals surface area contributed by atoms with Crippen LogP contribution in [-0.2, 0) is 6.42 Å². The van der Waals surface area contributed by atoms with Crippen LogP contribution in [-0.4, -0.2) is 63.9 Å². The summed E-state index contributed by atoms with van der Waals surface area (Å²) in [5.41, 5.74) is 9.43. The summed E-state index contributed by atoms with van der Waals surface area (Å²) < 4.78 is 0. The van der Waals surface area contributed by atoms with Gasteiger partial charge in [0, 0.05) is 43.5 Å². The van der Waals surface area contributed by atoms with Crippen molar-refractivity contribution in [2.75, 3.05) is 39.0 Å². The summed E-state index contributed by atoms with van der Waals surface area (Å²) in [6, 6.07) is 6.93. The van der Waals surface area contributed by atoms with Gasteiger partial charge < -0.3 is 15.5 Å². The van der Waals surface area contributed by atoms with Crippen LogP contribution in [0.2, 0.25) is 10.0 Å². The van der Waals surface area contributed by atoms with Crippen LogP contribution in [0.15, 0.2) is 36.8 Å². The molecular weight excluding hydrogens is 471 g/mol. The van der Waals surface area contributed by atoms with Crippen LogP contribution in [0.4, 0.5) is 5.82 Å². The summed E-state index contributed by atoms with van der Waals surface area (Å²) in [5.74, 6) is 6.54. The number of hydrogen-bond acceptors (Lipinski definition) is 6. The lowest BCUT2D eigenvalue weighted by Crippen LogP contribution is -2.47. The first-order valence-corrected chi connectivity index (χ1v) is 11.7. The van der Waals surface area contributed by atoms with E-state index in [-0.39, 0.29) is 16.0 Å². The van der Waals surface area contributed by atoms with E-state index >= 15 is 0 Å². The molecule has 1 fully saturated rings. The number of rotatable bonds is 3. The number of nitrogens with zero attached hydrogens (tertiary/aromatic N) is 5. The molecular formula is C25H24Cl2N6O. The Bertz CT molecular complexity index is 1250. The van der Waals surface area contributed by atoms with Crippen LogP contribution in [0.5, 0.6) is 0 Å². The number of carbonyl (C=O) groups is 1. The maximum atomic E-state index is 13.1. The highest BCUT2D eigenvalue weighted by atomic mass is 35.5. The summed E-state index contributed by atoms with van der Waals surface area (Å²) in [6.45, 7) is 4.89. The molecule has 2 aromatic heterocycles. The number of nitrogens with two attached hydrogens (primary N) is 1. The van der Waals surface area contributed by atoms with Crippen molar-refractivity contribution in [3.8, 4) is 23.1 Å². The average Bonchev–Trinajstić information content (AvgIpc) is 2.83. The van der Waals surface area contributed by atoms with E-state index in [2.05, 4.69) is 31.7 Å². The van der Waals surface area contributed by atoms with E-state index in [1.807, 2.05) is 14.0 Å². The van der Waals surface area contributed by atoms with Crippen molar-refractivity contribution in [3.63, 3.8) is 0 Å². The molecule has 3 heterocycles. The number of amides is 1. The Kier molecular flexibility index (Phi) is 7.32. The lowest BCUT2D eigenvalue weighted by molar-refractivity contribution is 0.0664. The molecule has 7 nitrogen and oxygen atoms in total. The summed E-state index contributed by atoms with van der Waals surface area (Å²) in [6.07, 6.45) is 3.78. The Morgan fingerprint density at radius 2 is 1.76 bits per heavy atom. The first-order valence-electron chi connectivity index (χ1n) is 10.9. The first kappa shape index (κ1) is 24.0. The number of anilines is 1. The van der Waals surface area contributed by atoms with E-state index in [0.717, 1.165) is 24.3 Å². The number of aromatic nitrogens is 3. The van der Waals surface area contributed by atoms with Crippen molar-refractivity contribution in [3.05, 3.63) is 69.2 Å². The highest BCUT2D eigenvalue weighted by Crippen LogP contribution is 2.34. The van der Waals surface area contributed by atoms with Crippen LogP contribution in [0.1, 0.15) is 34.1 Å². The Balaban J connectivity index is 1.72. The fourth-order valence-corrected chi connectivity index (χ4v) is 4.38. The Labute approximate surface area is 208 Å². The molecule has 9 heteroatoms. The second kappa shape index (κ2) is 10.4. The zero-order valence-electron chi connectivity index (χ0n) is 19.0. The Hall–Kier alpha value is -3.18. The topological polar surface area (TPSA) is 88.2 Å². The molecule has 0 unspecified atom stereocenters. The number of likely N-dealkylation sites (N-methyl/N-ethyl adjacent to an activating group) is 1. The van der Waals surface area contributed by atoms with Crippen molar-refractivity contribution in [1.82, 2.24) is 24.8 Å². The van der Waals surface area contributed by atoms with Crippen molar-refractivity contribution >= 4 is 34.9 Å². The lowest BCUT2D eigenvalue weighted by Gasteiger charge is -2.32. The molecule has 0 bridgehead atoms. The number of carbonyl (C=O) groups excluding carboxylic acids is 1. The maximum Gasteiger partial charge on any atom is 0.256 e. The molecule has 2 N–H and O–H groups in total. The largest absolute Gasteiger partial charge is 0.384 e. The molecule has 1 aromatic carbocycles. The van der Waals surface area contributed by atoms with E-state index in [1.165, 1.54) is 6.33 Å². The molecule has 1 amide bonds. The second-order valence-corrected chi connectivity index (χ2v) is 8.84. The molecule has 1 aliphatic rings. The molecule has 0 spiro atoms. The number of nitrogen functional groups attached to an aromatic ring is 1. The number of hydrogen-bond donors (Lipinski definition) is 1. The number of benzene rings is 1. The summed E-state index contributed by atoms with van der Waals surface area (Å²) in [4.78, 5) is 30.0. The Morgan fingerprint density at radius 3 is 2.38 bits per heavy atom. The summed E-state index contributed by atoms with van der Waals surface area (Å²) in [5, 5.41) is 0.564. The monoisotopic (exact) mass is 494 g/mol. The van der Waals surface area contributed by atoms with Gasteiger partial charge in [0.15, 0.2) is 0 Å². The molecule has 34 heavy (non-hydrogen) atoms. The van der Waals surface area contributed by atoms with Gasteiger partial charge in [-0.15, -0.1) is 0 Å². The van der Waals surface area contributed by atoms with Gasteiger partial charge in [0.25, 0.3) is 5.91 Å². The van der Waals surface area contributed by atoms with Gasteiger partial charge in [-0.2, -0.15) is 0 Å². The quantitative estimate of drug-likeness (QED) is 0.557. The van der Waals surface area contributed by atoms with Gasteiger partial charge in [-0.3, -0.25) is 4.79 Å². The van der Waals surface area contributed by atoms with Crippen LogP contribution < -0.4 is 5.73 Å². The fraction of sp³-hybridized carbons (Fsp3) is 0.280. The summed E-state index contributed by atoms with van der Waals surface area (Å²) in [7, 11) is 2.03. The molecule has 0 radical (unpaired) electrons. The van der Waals surface area contributed by atoms with Crippen molar-refractivity contribution < 1.29 is 4.79 Å². The highest BCUT2D eigenvalue weighted by Gasteiger charge is 2.25. The molecule has 174 valence electrons. The van der Waals surface area contributed by atoms with E-state index in [0.29, 0.717) is 47.7 Å². The van der Waals surface area contributed by atoms with Crippen LogP contribution in [0.3, 0.4) is 0 Å².